The number of ether oxygens (including phenoxy) is 1. The molecule has 1 aromatic rings. The van der Waals surface area contributed by atoms with Gasteiger partial charge in [0.15, 0.2) is 6.61 Å². The Balaban J connectivity index is 1.79. The maximum Gasteiger partial charge on any atom is 0.404 e. The Kier molecular flexibility index (Phi) is 4.72. The molecule has 1 unspecified atom stereocenters. The smallest absolute Gasteiger partial charge is 0.404 e. The maximum absolute atomic E-state index is 13.3. The van der Waals surface area contributed by atoms with Crippen molar-refractivity contribution in [3.8, 4) is 5.75 Å². The van der Waals surface area contributed by atoms with Crippen molar-refractivity contribution in [1.29, 1.82) is 0 Å². The monoisotopic (exact) mass is 346 g/mol. The van der Waals surface area contributed by atoms with Crippen LogP contribution in [0.25, 0.3) is 0 Å². The molecule has 1 N–H and O–H groups in total. The number of rotatable bonds is 2. The molecule has 8 heteroatoms. The molecular formula is C15H17F3N2O2S. The van der Waals surface area contributed by atoms with Crippen LogP contribution < -0.4 is 10.1 Å². The number of hydrogen-bond donors (Lipinski definition) is 1. The summed E-state index contributed by atoms with van der Waals surface area (Å²) in [6.07, 6.45) is -3.50. The third-order valence-electron chi connectivity index (χ3n) is 3.89. The Morgan fingerprint density at radius 2 is 2.22 bits per heavy atom. The molecule has 0 spiro atoms. The van der Waals surface area contributed by atoms with Crippen LogP contribution in [-0.2, 0) is 11.3 Å². The van der Waals surface area contributed by atoms with E-state index in [4.69, 9.17) is 4.74 Å². The number of benzene rings is 1. The quantitative estimate of drug-likeness (QED) is 0.894. The third-order valence-corrected chi connectivity index (χ3v) is 5.02. The topological polar surface area (TPSA) is 41.6 Å². The van der Waals surface area contributed by atoms with Gasteiger partial charge >= 0.3 is 6.18 Å². The van der Waals surface area contributed by atoms with Crippen LogP contribution in [0.4, 0.5) is 18.9 Å². The average Bonchev–Trinajstić information content (AvgIpc) is 2.72. The largest absolute Gasteiger partial charge is 0.482 e. The SMILES string of the molecule is O=C1COc2ccc(CN3CCCSCC3C(F)(F)F)cc2N1. The van der Waals surface area contributed by atoms with Gasteiger partial charge in [-0.1, -0.05) is 6.07 Å². The van der Waals surface area contributed by atoms with E-state index in [1.807, 2.05) is 0 Å². The summed E-state index contributed by atoms with van der Waals surface area (Å²) in [6.45, 7) is 0.580. The van der Waals surface area contributed by atoms with Crippen molar-refractivity contribution in [3.63, 3.8) is 0 Å². The highest BCUT2D eigenvalue weighted by Crippen LogP contribution is 2.33. The molecule has 0 saturated carbocycles. The molecule has 2 aliphatic rings. The van der Waals surface area contributed by atoms with Gasteiger partial charge in [-0.05, 0) is 36.4 Å². The van der Waals surface area contributed by atoms with Gasteiger partial charge in [0.25, 0.3) is 5.91 Å². The summed E-state index contributed by atoms with van der Waals surface area (Å²) in [7, 11) is 0. The van der Waals surface area contributed by atoms with Crippen molar-refractivity contribution in [1.82, 2.24) is 4.90 Å². The van der Waals surface area contributed by atoms with Crippen LogP contribution in [0.2, 0.25) is 0 Å². The molecule has 2 aliphatic heterocycles. The molecule has 4 nitrogen and oxygen atoms in total. The van der Waals surface area contributed by atoms with Crippen LogP contribution in [0.5, 0.6) is 5.75 Å². The fourth-order valence-electron chi connectivity index (χ4n) is 2.78. The zero-order valence-corrected chi connectivity index (χ0v) is 13.2. The first-order valence-electron chi connectivity index (χ1n) is 7.37. The molecule has 1 amide bonds. The number of amides is 1. The first-order chi connectivity index (χ1) is 10.9. The minimum absolute atomic E-state index is 0.0359. The first-order valence-corrected chi connectivity index (χ1v) is 8.53. The molecule has 126 valence electrons. The first kappa shape index (κ1) is 16.4. The number of hydrogen-bond acceptors (Lipinski definition) is 4. The van der Waals surface area contributed by atoms with E-state index in [2.05, 4.69) is 5.32 Å². The van der Waals surface area contributed by atoms with E-state index in [1.54, 1.807) is 18.2 Å². The average molecular weight is 346 g/mol. The molecule has 0 aromatic heterocycles. The van der Waals surface area contributed by atoms with Gasteiger partial charge in [-0.25, -0.2) is 0 Å². The molecule has 3 rings (SSSR count). The van der Waals surface area contributed by atoms with Crippen LogP contribution in [0.1, 0.15) is 12.0 Å². The molecule has 1 atom stereocenters. The van der Waals surface area contributed by atoms with Crippen LogP contribution in [-0.4, -0.2) is 47.7 Å². The van der Waals surface area contributed by atoms with Crippen molar-refractivity contribution in [2.75, 3.05) is 30.0 Å². The van der Waals surface area contributed by atoms with Gasteiger partial charge in [0.2, 0.25) is 0 Å². The van der Waals surface area contributed by atoms with Crippen LogP contribution in [0.15, 0.2) is 18.2 Å². The predicted octanol–water partition coefficient (Wildman–Crippen LogP) is 2.89. The molecule has 1 fully saturated rings. The lowest BCUT2D eigenvalue weighted by Gasteiger charge is -2.31. The third kappa shape index (κ3) is 3.92. The highest BCUT2D eigenvalue weighted by molar-refractivity contribution is 7.99. The number of alkyl halides is 3. The van der Waals surface area contributed by atoms with E-state index in [9.17, 15) is 18.0 Å². The number of nitrogens with one attached hydrogen (secondary N) is 1. The van der Waals surface area contributed by atoms with Crippen molar-refractivity contribution in [2.45, 2.75) is 25.2 Å². The van der Waals surface area contributed by atoms with Crippen molar-refractivity contribution in [2.24, 2.45) is 0 Å². The molecule has 2 heterocycles. The Hall–Kier alpha value is -1.41. The highest BCUT2D eigenvalue weighted by Gasteiger charge is 2.43. The van der Waals surface area contributed by atoms with Crippen LogP contribution in [0, 0.1) is 0 Å². The molecule has 1 saturated heterocycles. The summed E-state index contributed by atoms with van der Waals surface area (Å²) in [4.78, 5) is 12.8. The Labute approximate surface area is 136 Å². The van der Waals surface area contributed by atoms with Gasteiger partial charge in [-0.2, -0.15) is 24.9 Å². The Morgan fingerprint density at radius 1 is 1.39 bits per heavy atom. The summed E-state index contributed by atoms with van der Waals surface area (Å²) in [5.74, 6) is 1.10. The second kappa shape index (κ2) is 6.60. The van der Waals surface area contributed by atoms with E-state index < -0.39 is 12.2 Å². The van der Waals surface area contributed by atoms with Crippen molar-refractivity contribution >= 4 is 23.4 Å². The summed E-state index contributed by atoms with van der Waals surface area (Å²) < 4.78 is 45.1. The lowest BCUT2D eigenvalue weighted by atomic mass is 10.1. The van der Waals surface area contributed by atoms with Gasteiger partial charge < -0.3 is 10.1 Å². The fourth-order valence-corrected chi connectivity index (χ4v) is 3.90. The number of carbonyl (C=O) groups is 1. The maximum atomic E-state index is 13.3. The predicted molar refractivity (Wildman–Crippen MR) is 82.8 cm³/mol. The molecule has 1 aromatic carbocycles. The van der Waals surface area contributed by atoms with Gasteiger partial charge in [-0.15, -0.1) is 0 Å². The normalized spacial score (nSPS) is 22.7. The van der Waals surface area contributed by atoms with Gasteiger partial charge in [0, 0.05) is 12.3 Å². The Bertz CT molecular complexity index is 595. The summed E-state index contributed by atoms with van der Waals surface area (Å²) in [5.41, 5.74) is 1.25. The second-order valence-electron chi connectivity index (χ2n) is 5.62. The lowest BCUT2D eigenvalue weighted by Crippen LogP contribution is -2.46. The summed E-state index contributed by atoms with van der Waals surface area (Å²) in [6, 6.07) is 3.70. The van der Waals surface area contributed by atoms with Crippen molar-refractivity contribution < 1.29 is 22.7 Å². The summed E-state index contributed by atoms with van der Waals surface area (Å²) >= 11 is 1.35. The molecule has 0 aliphatic carbocycles. The van der Waals surface area contributed by atoms with E-state index in [-0.39, 0.29) is 24.8 Å². The second-order valence-corrected chi connectivity index (χ2v) is 6.77. The Morgan fingerprint density at radius 3 is 3.00 bits per heavy atom. The van der Waals surface area contributed by atoms with Gasteiger partial charge in [0.1, 0.15) is 11.8 Å². The summed E-state index contributed by atoms with van der Waals surface area (Å²) in [5, 5.41) is 2.68. The molecule has 0 bridgehead atoms. The van der Waals surface area contributed by atoms with E-state index in [0.717, 1.165) is 17.7 Å². The zero-order valence-electron chi connectivity index (χ0n) is 12.4. The number of thioether (sulfide) groups is 1. The minimum atomic E-state index is -4.23. The molecular weight excluding hydrogens is 329 g/mol. The molecule has 0 radical (unpaired) electrons. The minimum Gasteiger partial charge on any atom is -0.482 e. The number of anilines is 1. The number of halogens is 3. The van der Waals surface area contributed by atoms with E-state index in [1.165, 1.54) is 16.7 Å². The number of fused-ring (bicyclic) bond motifs is 1. The number of nitrogens with zero attached hydrogens (tertiary/aromatic N) is 1. The van der Waals surface area contributed by atoms with Crippen LogP contribution >= 0.6 is 11.8 Å². The standard InChI is InChI=1S/C15H17F3N2O2S/c16-15(17,18)13-9-23-5-1-4-20(13)7-10-2-3-12-11(6-10)19-14(21)8-22-12/h2-3,6,13H,1,4-5,7-9H2,(H,19,21). The van der Waals surface area contributed by atoms with Gasteiger partial charge in [0.05, 0.1) is 5.69 Å². The molecule has 23 heavy (non-hydrogen) atoms. The lowest BCUT2D eigenvalue weighted by molar-refractivity contribution is -0.178. The van der Waals surface area contributed by atoms with E-state index in [0.29, 0.717) is 18.0 Å². The van der Waals surface area contributed by atoms with E-state index >= 15 is 0 Å². The van der Waals surface area contributed by atoms with Gasteiger partial charge in [-0.3, -0.25) is 9.69 Å². The van der Waals surface area contributed by atoms with Crippen LogP contribution in [0.3, 0.4) is 0 Å². The van der Waals surface area contributed by atoms with Crippen molar-refractivity contribution in [3.05, 3.63) is 23.8 Å². The number of carbonyl (C=O) groups excluding carboxylic acids is 1. The fraction of sp³-hybridized carbons (Fsp3) is 0.533. The zero-order chi connectivity index (χ0) is 16.4. The highest BCUT2D eigenvalue weighted by atomic mass is 32.2.